The Morgan fingerprint density at radius 1 is 1.21 bits per heavy atom. The van der Waals surface area contributed by atoms with Crippen molar-refractivity contribution in [3.63, 3.8) is 0 Å². The molecule has 0 fully saturated rings. The molecule has 0 aliphatic rings. The summed E-state index contributed by atoms with van der Waals surface area (Å²) in [6.07, 6.45) is 3.61. The monoisotopic (exact) mass is 292 g/mol. The number of hydrogen-bond donors (Lipinski definition) is 1. The van der Waals surface area contributed by atoms with Crippen LogP contribution in [0.5, 0.6) is 0 Å². The molecule has 0 spiro atoms. The van der Waals surface area contributed by atoms with E-state index in [1.54, 1.807) is 24.2 Å². The Morgan fingerprint density at radius 3 is 2.63 bits per heavy atom. The molecule has 0 amide bonds. The topological polar surface area (TPSA) is 24.9 Å². The van der Waals surface area contributed by atoms with Crippen LogP contribution in [-0.4, -0.2) is 11.0 Å². The molecule has 2 aromatic rings. The van der Waals surface area contributed by atoms with Gasteiger partial charge in [-0.15, -0.1) is 0 Å². The second kappa shape index (κ2) is 6.94. The van der Waals surface area contributed by atoms with Crippen LogP contribution in [0, 0.1) is 0 Å². The largest absolute Gasteiger partial charge is 0.310 e. The minimum atomic E-state index is 0.440. The lowest BCUT2D eigenvalue weighted by Gasteiger charge is -2.14. The molecule has 19 heavy (non-hydrogen) atoms. The summed E-state index contributed by atoms with van der Waals surface area (Å²) in [4.78, 5) is 6.39. The van der Waals surface area contributed by atoms with Gasteiger partial charge in [-0.25, -0.2) is 0 Å². The van der Waals surface area contributed by atoms with Crippen LogP contribution in [0.2, 0.25) is 5.02 Å². The average Bonchev–Trinajstić information content (AvgIpc) is 2.39. The number of nitrogens with one attached hydrogen (secondary N) is 1. The summed E-state index contributed by atoms with van der Waals surface area (Å²) < 4.78 is 0. The molecule has 0 saturated heterocycles. The molecule has 1 aromatic carbocycles. The van der Waals surface area contributed by atoms with E-state index >= 15 is 0 Å². The summed E-state index contributed by atoms with van der Waals surface area (Å²) in [5, 5.41) is 4.23. The molecule has 1 N–H and O–H groups in total. The first-order chi connectivity index (χ1) is 9.16. The lowest BCUT2D eigenvalue weighted by atomic mass is 10.2. The molecule has 0 bridgehead atoms. The first-order valence-electron chi connectivity index (χ1n) is 6.25. The van der Waals surface area contributed by atoms with Crippen LogP contribution in [0.25, 0.3) is 0 Å². The minimum absolute atomic E-state index is 0.440. The number of halogens is 1. The van der Waals surface area contributed by atoms with E-state index in [4.69, 9.17) is 11.6 Å². The van der Waals surface area contributed by atoms with Gasteiger partial charge < -0.3 is 5.32 Å². The fourth-order valence-electron chi connectivity index (χ4n) is 1.65. The molecule has 1 heterocycles. The van der Waals surface area contributed by atoms with Gasteiger partial charge in [0.15, 0.2) is 0 Å². The Labute approximate surface area is 123 Å². The lowest BCUT2D eigenvalue weighted by molar-refractivity contribution is 0.585. The molecular formula is C15H17ClN2S. The normalized spacial score (nSPS) is 10.9. The highest BCUT2D eigenvalue weighted by Crippen LogP contribution is 2.33. The Balaban J connectivity index is 2.22. The quantitative estimate of drug-likeness (QED) is 0.885. The van der Waals surface area contributed by atoms with Crippen molar-refractivity contribution in [3.8, 4) is 0 Å². The Morgan fingerprint density at radius 2 is 1.95 bits per heavy atom. The van der Waals surface area contributed by atoms with Crippen molar-refractivity contribution in [1.82, 2.24) is 10.3 Å². The van der Waals surface area contributed by atoms with E-state index in [2.05, 4.69) is 30.2 Å². The number of pyridine rings is 1. The highest BCUT2D eigenvalue weighted by molar-refractivity contribution is 7.99. The van der Waals surface area contributed by atoms with Gasteiger partial charge in [-0.2, -0.15) is 0 Å². The van der Waals surface area contributed by atoms with E-state index < -0.39 is 0 Å². The van der Waals surface area contributed by atoms with Crippen molar-refractivity contribution in [2.24, 2.45) is 0 Å². The summed E-state index contributed by atoms with van der Waals surface area (Å²) in [5.74, 6) is 0. The predicted molar refractivity (Wildman–Crippen MR) is 81.8 cm³/mol. The van der Waals surface area contributed by atoms with E-state index in [-0.39, 0.29) is 0 Å². The van der Waals surface area contributed by atoms with Gasteiger partial charge in [0.2, 0.25) is 0 Å². The predicted octanol–water partition coefficient (Wildman–Crippen LogP) is 4.38. The van der Waals surface area contributed by atoms with Crippen LogP contribution in [-0.2, 0) is 6.54 Å². The van der Waals surface area contributed by atoms with Gasteiger partial charge in [-0.3, -0.25) is 4.98 Å². The number of aromatic nitrogens is 1. The van der Waals surface area contributed by atoms with Gasteiger partial charge in [0.1, 0.15) is 0 Å². The molecule has 2 nitrogen and oxygen atoms in total. The molecule has 0 aliphatic carbocycles. The summed E-state index contributed by atoms with van der Waals surface area (Å²) >= 11 is 8.03. The summed E-state index contributed by atoms with van der Waals surface area (Å²) in [7, 11) is 0. The first kappa shape index (κ1) is 14.4. The van der Waals surface area contributed by atoms with Gasteiger partial charge in [0, 0.05) is 39.8 Å². The van der Waals surface area contributed by atoms with Crippen LogP contribution in [0.3, 0.4) is 0 Å². The van der Waals surface area contributed by atoms with Crippen molar-refractivity contribution in [2.75, 3.05) is 0 Å². The second-order valence-electron chi connectivity index (χ2n) is 4.54. The first-order valence-corrected chi connectivity index (χ1v) is 7.45. The van der Waals surface area contributed by atoms with Crippen LogP contribution in [0.1, 0.15) is 19.4 Å². The number of benzene rings is 1. The number of rotatable bonds is 5. The van der Waals surface area contributed by atoms with E-state index in [1.165, 1.54) is 9.79 Å². The van der Waals surface area contributed by atoms with Gasteiger partial charge in [0.05, 0.1) is 0 Å². The van der Waals surface area contributed by atoms with Gasteiger partial charge in [-0.05, 0) is 29.8 Å². The third-order valence-corrected chi connectivity index (χ3v) is 4.10. The van der Waals surface area contributed by atoms with Crippen LogP contribution in [0.15, 0.2) is 52.5 Å². The van der Waals surface area contributed by atoms with Crippen molar-refractivity contribution in [3.05, 3.63) is 53.3 Å². The summed E-state index contributed by atoms with van der Waals surface area (Å²) in [5.41, 5.74) is 1.15. The molecular weight excluding hydrogens is 276 g/mol. The standard InChI is InChI=1S/C15H17ClN2S/c1-11(2)18-10-13-14(16)4-3-5-15(13)19-12-6-8-17-9-7-12/h3-9,11,18H,10H2,1-2H3. The fourth-order valence-corrected chi connectivity index (χ4v) is 2.91. The highest BCUT2D eigenvalue weighted by atomic mass is 35.5. The van der Waals surface area contributed by atoms with Crippen molar-refractivity contribution in [1.29, 1.82) is 0 Å². The van der Waals surface area contributed by atoms with Crippen molar-refractivity contribution < 1.29 is 0 Å². The molecule has 0 unspecified atom stereocenters. The third kappa shape index (κ3) is 4.23. The molecule has 2 rings (SSSR count). The summed E-state index contributed by atoms with van der Waals surface area (Å²) in [6, 6.07) is 10.5. The van der Waals surface area contributed by atoms with Crippen LogP contribution < -0.4 is 5.32 Å². The van der Waals surface area contributed by atoms with E-state index in [1.807, 2.05) is 24.3 Å². The van der Waals surface area contributed by atoms with Crippen LogP contribution >= 0.6 is 23.4 Å². The molecule has 1 aromatic heterocycles. The molecule has 0 aliphatic heterocycles. The zero-order chi connectivity index (χ0) is 13.7. The zero-order valence-corrected chi connectivity index (χ0v) is 12.6. The average molecular weight is 293 g/mol. The molecule has 4 heteroatoms. The number of nitrogens with zero attached hydrogens (tertiary/aromatic N) is 1. The maximum absolute atomic E-state index is 6.31. The van der Waals surface area contributed by atoms with Gasteiger partial charge in [-0.1, -0.05) is 43.3 Å². The fraction of sp³-hybridized carbons (Fsp3) is 0.267. The van der Waals surface area contributed by atoms with Crippen molar-refractivity contribution >= 4 is 23.4 Å². The molecule has 0 atom stereocenters. The Bertz CT molecular complexity index is 529. The van der Waals surface area contributed by atoms with E-state index in [9.17, 15) is 0 Å². The second-order valence-corrected chi connectivity index (χ2v) is 6.06. The van der Waals surface area contributed by atoms with Crippen LogP contribution in [0.4, 0.5) is 0 Å². The lowest BCUT2D eigenvalue weighted by Crippen LogP contribution is -2.22. The highest BCUT2D eigenvalue weighted by Gasteiger charge is 2.09. The molecule has 0 radical (unpaired) electrons. The van der Waals surface area contributed by atoms with E-state index in [0.29, 0.717) is 6.04 Å². The maximum Gasteiger partial charge on any atom is 0.0462 e. The van der Waals surface area contributed by atoms with Crippen molar-refractivity contribution in [2.45, 2.75) is 36.2 Å². The minimum Gasteiger partial charge on any atom is -0.310 e. The molecule has 100 valence electrons. The van der Waals surface area contributed by atoms with E-state index in [0.717, 1.165) is 17.1 Å². The zero-order valence-electron chi connectivity index (χ0n) is 11.1. The maximum atomic E-state index is 6.31. The number of hydrogen-bond acceptors (Lipinski definition) is 3. The Hall–Kier alpha value is -1.03. The Kier molecular flexibility index (Phi) is 5.25. The molecule has 0 saturated carbocycles. The smallest absolute Gasteiger partial charge is 0.0462 e. The SMILES string of the molecule is CC(C)NCc1c(Cl)cccc1Sc1ccncc1. The van der Waals surface area contributed by atoms with Gasteiger partial charge >= 0.3 is 0 Å². The third-order valence-electron chi connectivity index (χ3n) is 2.64. The summed E-state index contributed by atoms with van der Waals surface area (Å²) in [6.45, 7) is 5.05. The van der Waals surface area contributed by atoms with Gasteiger partial charge in [0.25, 0.3) is 0 Å².